The average molecular weight is 1040 g/mol. The standard InChI is InChI=1S/C80H50O2/c1-81-79-67(49-27-13-5-14-28-49)65(47-23-9-3-10-24-47)75-61-38-22-36-56-54(40-44-62(72(56)61)77(75)69(79)51-31-17-7-18-32-51)53-39-41-58-60-43-46-64-74-63(45-42-59(73(60)74)57-37-21-35-55(53)71(57)58)76-66(48-25-11-4-12-26-48)68(50-29-15-6-16-30-50)80(82-2)70(78(64)76)52-33-19-8-20-34-52/h3-46H,1-2H3. The molecule has 0 aliphatic heterocycles. The summed E-state index contributed by atoms with van der Waals surface area (Å²) in [5.74, 6) is 1.76. The van der Waals surface area contributed by atoms with E-state index in [1.807, 2.05) is 14.2 Å². The predicted octanol–water partition coefficient (Wildman–Crippen LogP) is 21.9. The Labute approximate surface area is 475 Å². The second kappa shape index (κ2) is 18.0. The van der Waals surface area contributed by atoms with Crippen LogP contribution in [0.4, 0.5) is 0 Å². The summed E-state index contributed by atoms with van der Waals surface area (Å²) in [6, 6.07) is 98.3. The van der Waals surface area contributed by atoms with Crippen LogP contribution < -0.4 is 9.47 Å². The van der Waals surface area contributed by atoms with Crippen LogP contribution in [-0.4, -0.2) is 14.2 Å². The molecular weight excluding hydrogens is 993 g/mol. The Balaban J connectivity index is 0.925. The summed E-state index contributed by atoms with van der Waals surface area (Å²) in [4.78, 5) is 0. The van der Waals surface area contributed by atoms with E-state index in [9.17, 15) is 0 Å². The van der Waals surface area contributed by atoms with Gasteiger partial charge in [0.15, 0.2) is 0 Å². The van der Waals surface area contributed by atoms with E-state index in [2.05, 4.69) is 267 Å². The van der Waals surface area contributed by atoms with E-state index in [-0.39, 0.29) is 0 Å². The first-order chi connectivity index (χ1) is 40.7. The molecule has 82 heavy (non-hydrogen) atoms. The quantitative estimate of drug-likeness (QED) is 0.106. The van der Waals surface area contributed by atoms with Crippen molar-refractivity contribution in [1.82, 2.24) is 0 Å². The molecule has 0 N–H and O–H groups in total. The van der Waals surface area contributed by atoms with Crippen LogP contribution in [0.3, 0.4) is 0 Å². The third kappa shape index (κ3) is 6.40. The predicted molar refractivity (Wildman–Crippen MR) is 345 cm³/mol. The Morgan fingerprint density at radius 3 is 0.854 bits per heavy atom. The first kappa shape index (κ1) is 46.4. The van der Waals surface area contributed by atoms with Crippen molar-refractivity contribution in [2.45, 2.75) is 0 Å². The summed E-state index contributed by atoms with van der Waals surface area (Å²) in [5.41, 5.74) is 25.9. The van der Waals surface area contributed by atoms with E-state index in [1.165, 1.54) is 121 Å². The van der Waals surface area contributed by atoms with E-state index in [0.717, 1.165) is 67.1 Å². The monoisotopic (exact) mass is 1040 g/mol. The molecule has 0 aromatic heterocycles. The molecule has 0 radical (unpaired) electrons. The molecular formula is C80H50O2. The zero-order chi connectivity index (χ0) is 54.2. The van der Waals surface area contributed by atoms with Crippen molar-refractivity contribution in [2.24, 2.45) is 0 Å². The van der Waals surface area contributed by atoms with Crippen molar-refractivity contribution in [2.75, 3.05) is 14.2 Å². The fourth-order valence-electron chi connectivity index (χ4n) is 14.8. The van der Waals surface area contributed by atoms with Crippen LogP contribution in [0.1, 0.15) is 0 Å². The van der Waals surface area contributed by atoms with E-state index < -0.39 is 0 Å². The lowest BCUT2D eigenvalue weighted by Gasteiger charge is -2.24. The van der Waals surface area contributed by atoms with Gasteiger partial charge < -0.3 is 9.47 Å². The van der Waals surface area contributed by atoms with Gasteiger partial charge in [-0.15, -0.1) is 0 Å². The highest BCUT2D eigenvalue weighted by Gasteiger charge is 2.37. The van der Waals surface area contributed by atoms with Crippen LogP contribution >= 0.6 is 0 Å². The molecule has 15 aromatic rings. The Morgan fingerprint density at radius 1 is 0.171 bits per heavy atom. The number of hydrogen-bond donors (Lipinski definition) is 0. The normalized spacial score (nSPS) is 12.0. The number of rotatable bonds is 9. The Bertz CT molecular complexity index is 5090. The maximum atomic E-state index is 6.71. The molecule has 0 unspecified atom stereocenters. The number of fused-ring (bicyclic) bond motifs is 8. The van der Waals surface area contributed by atoms with Crippen molar-refractivity contribution in [3.8, 4) is 134 Å². The Kier molecular flexibility index (Phi) is 10.2. The molecule has 0 bridgehead atoms. The van der Waals surface area contributed by atoms with E-state index in [4.69, 9.17) is 9.47 Å². The molecule has 2 nitrogen and oxygen atoms in total. The summed E-state index contributed by atoms with van der Waals surface area (Å²) in [6.07, 6.45) is 0. The highest BCUT2D eigenvalue weighted by Crippen LogP contribution is 2.64. The summed E-state index contributed by atoms with van der Waals surface area (Å²) in [5, 5.41) is 12.7. The van der Waals surface area contributed by atoms with Gasteiger partial charge in [0.2, 0.25) is 0 Å². The van der Waals surface area contributed by atoms with Crippen LogP contribution in [-0.2, 0) is 0 Å². The molecule has 2 aliphatic rings. The Hall–Kier alpha value is -10.5. The largest absolute Gasteiger partial charge is 0.495 e. The van der Waals surface area contributed by atoms with Gasteiger partial charge in [0, 0.05) is 44.5 Å². The zero-order valence-corrected chi connectivity index (χ0v) is 45.2. The molecule has 0 atom stereocenters. The molecule has 2 aliphatic carbocycles. The third-order valence-electron chi connectivity index (χ3n) is 17.9. The molecule has 0 saturated heterocycles. The van der Waals surface area contributed by atoms with Gasteiger partial charge in [0.1, 0.15) is 11.5 Å². The first-order valence-electron chi connectivity index (χ1n) is 28.3. The van der Waals surface area contributed by atoms with Crippen LogP contribution in [0.25, 0.3) is 176 Å². The fourth-order valence-corrected chi connectivity index (χ4v) is 14.8. The average Bonchev–Trinajstić information content (AvgIpc) is 1.79. The fraction of sp³-hybridized carbons (Fsp3) is 0.0250. The van der Waals surface area contributed by atoms with Crippen molar-refractivity contribution in [3.63, 3.8) is 0 Å². The van der Waals surface area contributed by atoms with Gasteiger partial charge in [0.25, 0.3) is 0 Å². The molecule has 0 spiro atoms. The lowest BCUT2D eigenvalue weighted by atomic mass is 9.81. The van der Waals surface area contributed by atoms with Gasteiger partial charge in [-0.2, -0.15) is 0 Å². The number of methoxy groups -OCH3 is 2. The van der Waals surface area contributed by atoms with Gasteiger partial charge in [-0.05, 0) is 132 Å². The first-order valence-corrected chi connectivity index (χ1v) is 28.3. The molecule has 0 heterocycles. The smallest absolute Gasteiger partial charge is 0.135 e. The molecule has 2 heteroatoms. The van der Waals surface area contributed by atoms with Crippen LogP contribution in [0.5, 0.6) is 11.5 Å². The highest BCUT2D eigenvalue weighted by molar-refractivity contribution is 6.39. The maximum absolute atomic E-state index is 6.71. The molecule has 15 aromatic carbocycles. The maximum Gasteiger partial charge on any atom is 0.135 e. The molecule has 0 saturated carbocycles. The van der Waals surface area contributed by atoms with Gasteiger partial charge in [-0.3, -0.25) is 0 Å². The van der Waals surface area contributed by atoms with Gasteiger partial charge in [-0.1, -0.05) is 267 Å². The van der Waals surface area contributed by atoms with Crippen LogP contribution in [0.15, 0.2) is 267 Å². The summed E-state index contributed by atoms with van der Waals surface area (Å²) < 4.78 is 13.4. The summed E-state index contributed by atoms with van der Waals surface area (Å²) in [6.45, 7) is 0. The van der Waals surface area contributed by atoms with Gasteiger partial charge in [0.05, 0.1) is 14.2 Å². The highest BCUT2D eigenvalue weighted by atomic mass is 16.5. The van der Waals surface area contributed by atoms with E-state index in [0.29, 0.717) is 0 Å². The lowest BCUT2D eigenvalue weighted by molar-refractivity contribution is 0.418. The molecule has 0 fully saturated rings. The lowest BCUT2D eigenvalue weighted by Crippen LogP contribution is -1.99. The number of hydrogen-bond acceptors (Lipinski definition) is 2. The van der Waals surface area contributed by atoms with E-state index in [1.54, 1.807) is 0 Å². The van der Waals surface area contributed by atoms with Crippen LogP contribution in [0.2, 0.25) is 0 Å². The van der Waals surface area contributed by atoms with Crippen molar-refractivity contribution in [1.29, 1.82) is 0 Å². The van der Waals surface area contributed by atoms with Crippen molar-refractivity contribution in [3.05, 3.63) is 267 Å². The molecule has 382 valence electrons. The van der Waals surface area contributed by atoms with Gasteiger partial charge >= 0.3 is 0 Å². The molecule has 0 amide bonds. The Morgan fingerprint density at radius 2 is 0.439 bits per heavy atom. The van der Waals surface area contributed by atoms with Gasteiger partial charge in [-0.25, -0.2) is 0 Å². The topological polar surface area (TPSA) is 18.5 Å². The molecule has 17 rings (SSSR count). The minimum atomic E-state index is 0.877. The zero-order valence-electron chi connectivity index (χ0n) is 45.2. The van der Waals surface area contributed by atoms with Crippen LogP contribution in [0, 0.1) is 0 Å². The minimum Gasteiger partial charge on any atom is -0.495 e. The van der Waals surface area contributed by atoms with Crippen molar-refractivity contribution < 1.29 is 9.47 Å². The summed E-state index contributed by atoms with van der Waals surface area (Å²) >= 11 is 0. The van der Waals surface area contributed by atoms with E-state index >= 15 is 0 Å². The third-order valence-corrected chi connectivity index (χ3v) is 17.9. The number of ether oxygens (including phenoxy) is 2. The number of benzene rings is 15. The second-order valence-electron chi connectivity index (χ2n) is 21.9. The SMILES string of the molecule is COc1c(-c2ccccc2)c(-c2ccccc2)c2c(c1-c1ccccc1)-c1ccc(-c3ccc4c5ccc6c7c(ccc(c8cccc3c48)c75)-c3c(-c4ccccc4)c(-c4ccccc4)c(OC)c(-c4ccccc4)c3-6)c3cccc-2c13. The van der Waals surface area contributed by atoms with Crippen molar-refractivity contribution >= 4 is 53.9 Å². The minimum absolute atomic E-state index is 0.877. The second-order valence-corrected chi connectivity index (χ2v) is 21.9. The summed E-state index contributed by atoms with van der Waals surface area (Å²) in [7, 11) is 3.67.